The van der Waals surface area contributed by atoms with Gasteiger partial charge in [0.05, 0.1) is 12.1 Å². The molecular formula is C26H32N4O3S. The molecule has 0 unspecified atom stereocenters. The number of carbonyl (C=O) groups excluding carboxylic acids is 2. The molecule has 180 valence electrons. The first-order valence-electron chi connectivity index (χ1n) is 11.2. The van der Waals surface area contributed by atoms with E-state index < -0.39 is 11.6 Å². The summed E-state index contributed by atoms with van der Waals surface area (Å²) in [6, 6.07) is 9.63. The number of esters is 1. The molecule has 7 nitrogen and oxygen atoms in total. The summed E-state index contributed by atoms with van der Waals surface area (Å²) < 4.78 is 7.63. The second-order valence-corrected chi connectivity index (χ2v) is 10.7. The van der Waals surface area contributed by atoms with Crippen molar-refractivity contribution in [3.8, 4) is 5.00 Å². The van der Waals surface area contributed by atoms with Gasteiger partial charge in [0, 0.05) is 16.0 Å². The zero-order valence-corrected chi connectivity index (χ0v) is 21.9. The second-order valence-electron chi connectivity index (χ2n) is 9.46. The number of aryl methyl sites for hydroxylation is 2. The molecule has 0 saturated carbocycles. The van der Waals surface area contributed by atoms with Crippen LogP contribution in [0.3, 0.4) is 0 Å². The van der Waals surface area contributed by atoms with Crippen LogP contribution >= 0.6 is 11.3 Å². The molecule has 0 N–H and O–H groups in total. The summed E-state index contributed by atoms with van der Waals surface area (Å²) in [7, 11) is 0. The first-order valence-corrected chi connectivity index (χ1v) is 12.1. The number of carbonyl (C=O) groups is 2. The van der Waals surface area contributed by atoms with Gasteiger partial charge in [-0.3, -0.25) is 14.4 Å². The summed E-state index contributed by atoms with van der Waals surface area (Å²) in [4.78, 5) is 28.4. The highest BCUT2D eigenvalue weighted by molar-refractivity contribution is 7.15. The van der Waals surface area contributed by atoms with Crippen molar-refractivity contribution >= 4 is 28.8 Å². The summed E-state index contributed by atoms with van der Waals surface area (Å²) in [6.07, 6.45) is 0.110. The maximum Gasteiger partial charge on any atom is 0.308 e. The monoisotopic (exact) mass is 480 g/mol. The number of Topliss-reactive ketones (excluding diaryl/α,β-unsaturated/α-hetero) is 1. The highest BCUT2D eigenvalue weighted by Crippen LogP contribution is 2.39. The van der Waals surface area contributed by atoms with Gasteiger partial charge in [-0.1, -0.05) is 30.3 Å². The fourth-order valence-corrected chi connectivity index (χ4v) is 4.88. The highest BCUT2D eigenvalue weighted by atomic mass is 32.1. The van der Waals surface area contributed by atoms with Crippen molar-refractivity contribution in [2.24, 2.45) is 4.99 Å². The van der Waals surface area contributed by atoms with E-state index >= 15 is 0 Å². The molecule has 8 heteroatoms. The molecule has 3 aromatic rings. The van der Waals surface area contributed by atoms with Crippen LogP contribution in [0.25, 0.3) is 5.00 Å². The molecular weight excluding hydrogens is 448 g/mol. The Morgan fingerprint density at radius 3 is 2.26 bits per heavy atom. The van der Waals surface area contributed by atoms with Crippen molar-refractivity contribution in [2.45, 2.75) is 73.5 Å². The lowest BCUT2D eigenvalue weighted by Crippen LogP contribution is -2.25. The molecule has 34 heavy (non-hydrogen) atoms. The molecule has 4 rings (SSSR count). The lowest BCUT2D eigenvalue weighted by Gasteiger charge is -2.21. The minimum absolute atomic E-state index is 0.110. The lowest BCUT2D eigenvalue weighted by molar-refractivity contribution is -0.155. The number of benzene rings is 1. The Labute approximate surface area is 204 Å². The van der Waals surface area contributed by atoms with Crippen molar-refractivity contribution in [2.75, 3.05) is 0 Å². The predicted octanol–water partition coefficient (Wildman–Crippen LogP) is 5.47. The SMILES string of the molecule is CC(C)=O.Cc1sc2c(c1C)C(c1ccccc1)=N[C@@H](CC(=O)OC(C)(C)C)c1nnc(C)n1-2. The van der Waals surface area contributed by atoms with Crippen LogP contribution in [0.4, 0.5) is 0 Å². The third-order valence-corrected chi connectivity index (χ3v) is 6.26. The van der Waals surface area contributed by atoms with Crippen LogP contribution < -0.4 is 0 Å². The van der Waals surface area contributed by atoms with Crippen LogP contribution in [0.15, 0.2) is 35.3 Å². The number of thiophene rings is 1. The number of hydrogen-bond acceptors (Lipinski definition) is 7. The van der Waals surface area contributed by atoms with Crippen molar-refractivity contribution < 1.29 is 14.3 Å². The van der Waals surface area contributed by atoms with E-state index in [2.05, 4.69) is 40.7 Å². The van der Waals surface area contributed by atoms with Crippen LogP contribution in [-0.4, -0.2) is 37.8 Å². The molecule has 2 aromatic heterocycles. The summed E-state index contributed by atoms with van der Waals surface area (Å²) >= 11 is 1.71. The van der Waals surface area contributed by atoms with Gasteiger partial charge >= 0.3 is 5.97 Å². The van der Waals surface area contributed by atoms with Crippen LogP contribution in [0.1, 0.15) is 80.3 Å². The average Bonchev–Trinajstić information content (AvgIpc) is 3.19. The molecule has 1 aromatic carbocycles. The molecule has 0 fully saturated rings. The Balaban J connectivity index is 0.000000751. The number of rotatable bonds is 3. The Morgan fingerprint density at radius 2 is 1.68 bits per heavy atom. The van der Waals surface area contributed by atoms with E-state index in [0.29, 0.717) is 5.82 Å². The van der Waals surface area contributed by atoms with Crippen molar-refractivity contribution in [3.63, 3.8) is 0 Å². The molecule has 0 bridgehead atoms. The fourth-order valence-electron chi connectivity index (χ4n) is 3.66. The standard InChI is InChI=1S/C23H26N4O2S.C3H6O/c1-13-14(2)30-22-19(13)20(16-10-8-7-9-11-16)24-17(12-18(28)29-23(4,5)6)21-26-25-15(3)27(21)22;1-3(2)4/h7-11,17H,12H2,1-6H3;1-2H3/t17-;/m0./s1. The average molecular weight is 481 g/mol. The lowest BCUT2D eigenvalue weighted by atomic mass is 10.00. The molecule has 1 aliphatic rings. The minimum Gasteiger partial charge on any atom is -0.460 e. The van der Waals surface area contributed by atoms with Crippen molar-refractivity contribution in [1.82, 2.24) is 14.8 Å². The van der Waals surface area contributed by atoms with E-state index in [0.717, 1.165) is 27.7 Å². The summed E-state index contributed by atoms with van der Waals surface area (Å²) in [6.45, 7) is 14.8. The molecule has 3 heterocycles. The topological polar surface area (TPSA) is 86.4 Å². The van der Waals surface area contributed by atoms with Gasteiger partial charge in [-0.25, -0.2) is 0 Å². The van der Waals surface area contributed by atoms with Crippen LogP contribution in [0.2, 0.25) is 0 Å². The minimum atomic E-state index is -0.552. The fraction of sp³-hybridized carbons (Fsp3) is 0.423. The maximum absolute atomic E-state index is 12.7. The third-order valence-electron chi connectivity index (χ3n) is 5.07. The van der Waals surface area contributed by atoms with E-state index in [-0.39, 0.29) is 18.2 Å². The largest absolute Gasteiger partial charge is 0.460 e. The summed E-state index contributed by atoms with van der Waals surface area (Å²) in [5, 5.41) is 9.78. The number of nitrogens with zero attached hydrogens (tertiary/aromatic N) is 4. The Hall–Kier alpha value is -3.13. The zero-order chi connectivity index (χ0) is 25.2. The second kappa shape index (κ2) is 10.0. The number of hydrogen-bond donors (Lipinski definition) is 0. The van der Waals surface area contributed by atoms with Gasteiger partial charge in [-0.2, -0.15) is 0 Å². The summed E-state index contributed by atoms with van der Waals surface area (Å²) in [5.41, 5.74) is 3.62. The number of aromatic nitrogens is 3. The first kappa shape index (κ1) is 25.5. The highest BCUT2D eigenvalue weighted by Gasteiger charge is 2.33. The molecule has 1 atom stereocenters. The van der Waals surface area contributed by atoms with Crippen LogP contribution in [0, 0.1) is 20.8 Å². The first-order chi connectivity index (χ1) is 15.9. The Kier molecular flexibility index (Phi) is 7.51. The molecule has 0 radical (unpaired) electrons. The molecule has 0 amide bonds. The quantitative estimate of drug-likeness (QED) is 0.464. The number of ether oxygens (including phenoxy) is 1. The predicted molar refractivity (Wildman–Crippen MR) is 135 cm³/mol. The van der Waals surface area contributed by atoms with E-state index in [1.807, 2.05) is 45.9 Å². The van der Waals surface area contributed by atoms with Crippen LogP contribution in [-0.2, 0) is 14.3 Å². The Morgan fingerprint density at radius 1 is 1.06 bits per heavy atom. The molecule has 0 spiro atoms. The smallest absolute Gasteiger partial charge is 0.308 e. The molecule has 0 saturated heterocycles. The van der Waals surface area contributed by atoms with Gasteiger partial charge in [0.1, 0.15) is 28.3 Å². The number of ketones is 1. The summed E-state index contributed by atoms with van der Waals surface area (Å²) in [5.74, 6) is 1.33. The maximum atomic E-state index is 12.7. The van der Waals surface area contributed by atoms with Crippen molar-refractivity contribution in [1.29, 1.82) is 0 Å². The van der Waals surface area contributed by atoms with E-state index in [4.69, 9.17) is 9.73 Å². The number of aliphatic imine (C=N–C) groups is 1. The Bertz CT molecular complexity index is 1230. The van der Waals surface area contributed by atoms with Crippen molar-refractivity contribution in [3.05, 3.63) is 63.5 Å². The molecule has 0 aliphatic carbocycles. The van der Waals surface area contributed by atoms with E-state index in [1.54, 1.807) is 11.3 Å². The van der Waals surface area contributed by atoms with E-state index in [1.165, 1.54) is 24.3 Å². The number of fused-ring (bicyclic) bond motifs is 3. The van der Waals surface area contributed by atoms with Crippen LogP contribution in [0.5, 0.6) is 0 Å². The molecule has 1 aliphatic heterocycles. The van der Waals surface area contributed by atoms with Gasteiger partial charge < -0.3 is 9.53 Å². The van der Waals surface area contributed by atoms with Gasteiger partial charge in [0.2, 0.25) is 0 Å². The van der Waals surface area contributed by atoms with Gasteiger partial charge in [-0.15, -0.1) is 21.5 Å². The van der Waals surface area contributed by atoms with Gasteiger partial charge in [-0.05, 0) is 61.0 Å². The third kappa shape index (κ3) is 5.67. The van der Waals surface area contributed by atoms with Gasteiger partial charge in [0.15, 0.2) is 5.82 Å². The zero-order valence-electron chi connectivity index (χ0n) is 21.1. The van der Waals surface area contributed by atoms with Gasteiger partial charge in [0.25, 0.3) is 0 Å². The van der Waals surface area contributed by atoms with E-state index in [9.17, 15) is 9.59 Å². The normalized spacial score (nSPS) is 14.7.